The van der Waals surface area contributed by atoms with E-state index in [1.165, 1.54) is 13.2 Å². The lowest BCUT2D eigenvalue weighted by atomic mass is 10.4. The van der Waals surface area contributed by atoms with Crippen LogP contribution in [0, 0.1) is 13.8 Å². The van der Waals surface area contributed by atoms with Crippen molar-refractivity contribution in [3.8, 4) is 0 Å². The van der Waals surface area contributed by atoms with E-state index in [-0.39, 0.29) is 17.2 Å². The van der Waals surface area contributed by atoms with Gasteiger partial charge in [0.1, 0.15) is 5.56 Å². The minimum absolute atomic E-state index is 0.105. The molecule has 21 heavy (non-hydrogen) atoms. The Morgan fingerprint density at radius 3 is 2.57 bits per heavy atom. The molecule has 0 bridgehead atoms. The van der Waals surface area contributed by atoms with Gasteiger partial charge in [-0.15, -0.1) is 0 Å². The van der Waals surface area contributed by atoms with Crippen LogP contribution in [0.15, 0.2) is 17.3 Å². The third-order valence-electron chi connectivity index (χ3n) is 2.82. The van der Waals surface area contributed by atoms with Crippen LogP contribution < -0.4 is 0 Å². The number of rotatable bonds is 4. The van der Waals surface area contributed by atoms with Gasteiger partial charge in [0.15, 0.2) is 5.03 Å². The lowest BCUT2D eigenvalue weighted by Gasteiger charge is -2.09. The molecule has 2 rings (SSSR count). The normalized spacial score (nSPS) is 11.6. The van der Waals surface area contributed by atoms with E-state index in [4.69, 9.17) is 4.74 Å². The fraction of sp³-hybridized carbons (Fsp3) is 0.417. The Morgan fingerprint density at radius 2 is 2.05 bits per heavy atom. The molecule has 0 aliphatic rings. The van der Waals surface area contributed by atoms with Crippen LogP contribution in [-0.4, -0.2) is 40.0 Å². The summed E-state index contributed by atoms with van der Waals surface area (Å²) in [4.78, 5) is 11.9. The average molecular weight is 312 g/mol. The van der Waals surface area contributed by atoms with Gasteiger partial charge in [0, 0.05) is 7.05 Å². The number of hydrogen-bond donors (Lipinski definition) is 0. The summed E-state index contributed by atoms with van der Waals surface area (Å²) in [6.07, 6.45) is 1.18. The molecule has 0 radical (unpaired) electrons. The van der Waals surface area contributed by atoms with Gasteiger partial charge in [0.2, 0.25) is 0 Å². The van der Waals surface area contributed by atoms with Gasteiger partial charge in [-0.3, -0.25) is 4.68 Å². The van der Waals surface area contributed by atoms with Crippen molar-refractivity contribution in [1.82, 2.24) is 19.0 Å². The van der Waals surface area contributed by atoms with Crippen LogP contribution in [0.25, 0.3) is 0 Å². The molecular weight excluding hydrogens is 296 g/mol. The van der Waals surface area contributed by atoms with Crippen LogP contribution >= 0.6 is 0 Å². The Hall–Kier alpha value is -2.16. The van der Waals surface area contributed by atoms with Gasteiger partial charge < -0.3 is 4.74 Å². The SMILES string of the molecule is CCOC(=O)c1cnn(C)c1S(=O)(=O)n1nc(C)cc1C. The van der Waals surface area contributed by atoms with Crippen molar-refractivity contribution in [1.29, 1.82) is 0 Å². The zero-order valence-electron chi connectivity index (χ0n) is 12.2. The van der Waals surface area contributed by atoms with Crippen molar-refractivity contribution >= 4 is 16.0 Å². The maximum Gasteiger partial charge on any atom is 0.342 e. The second kappa shape index (κ2) is 5.32. The highest BCUT2D eigenvalue weighted by atomic mass is 32.2. The summed E-state index contributed by atoms with van der Waals surface area (Å²) in [6, 6.07) is 1.64. The molecule has 2 heterocycles. The number of carbonyl (C=O) groups is 1. The smallest absolute Gasteiger partial charge is 0.342 e. The van der Waals surface area contributed by atoms with Crippen LogP contribution in [0.5, 0.6) is 0 Å². The van der Waals surface area contributed by atoms with E-state index >= 15 is 0 Å². The summed E-state index contributed by atoms with van der Waals surface area (Å²) in [5.41, 5.74) is 0.909. The van der Waals surface area contributed by atoms with Gasteiger partial charge in [-0.1, -0.05) is 0 Å². The summed E-state index contributed by atoms with van der Waals surface area (Å²) in [5.74, 6) is -0.731. The van der Waals surface area contributed by atoms with Crippen LogP contribution in [0.3, 0.4) is 0 Å². The number of nitrogens with zero attached hydrogens (tertiary/aromatic N) is 4. The molecule has 0 unspecified atom stereocenters. The molecule has 0 fully saturated rings. The number of ether oxygens (including phenoxy) is 1. The highest BCUT2D eigenvalue weighted by Gasteiger charge is 2.31. The van der Waals surface area contributed by atoms with E-state index in [1.807, 2.05) is 0 Å². The zero-order valence-corrected chi connectivity index (χ0v) is 13.0. The van der Waals surface area contributed by atoms with Gasteiger partial charge in [-0.25, -0.2) is 4.79 Å². The van der Waals surface area contributed by atoms with E-state index in [9.17, 15) is 13.2 Å². The van der Waals surface area contributed by atoms with Gasteiger partial charge in [0.05, 0.1) is 24.2 Å². The highest BCUT2D eigenvalue weighted by Crippen LogP contribution is 2.20. The third-order valence-corrected chi connectivity index (χ3v) is 4.62. The van der Waals surface area contributed by atoms with Gasteiger partial charge >= 0.3 is 16.0 Å². The molecule has 9 heteroatoms. The van der Waals surface area contributed by atoms with Gasteiger partial charge in [-0.2, -0.15) is 22.7 Å². The summed E-state index contributed by atoms with van der Waals surface area (Å²) >= 11 is 0. The molecule has 0 amide bonds. The molecule has 114 valence electrons. The maximum absolute atomic E-state index is 12.7. The third kappa shape index (κ3) is 2.56. The first-order valence-corrected chi connectivity index (χ1v) is 7.71. The largest absolute Gasteiger partial charge is 0.462 e. The molecule has 0 aliphatic heterocycles. The van der Waals surface area contributed by atoms with E-state index in [0.29, 0.717) is 11.4 Å². The van der Waals surface area contributed by atoms with Crippen LogP contribution in [0.2, 0.25) is 0 Å². The lowest BCUT2D eigenvalue weighted by Crippen LogP contribution is -2.22. The lowest BCUT2D eigenvalue weighted by molar-refractivity contribution is 0.0521. The fourth-order valence-electron chi connectivity index (χ4n) is 2.01. The molecule has 0 saturated carbocycles. The Labute approximate surface area is 122 Å². The predicted octanol–water partition coefficient (Wildman–Crippen LogP) is 0.647. The summed E-state index contributed by atoms with van der Waals surface area (Å²) < 4.78 is 32.3. The minimum atomic E-state index is -4.02. The maximum atomic E-state index is 12.7. The number of esters is 1. The van der Waals surface area contributed by atoms with E-state index in [0.717, 1.165) is 8.77 Å². The van der Waals surface area contributed by atoms with Crippen molar-refractivity contribution in [2.75, 3.05) is 6.61 Å². The average Bonchev–Trinajstić information content (AvgIpc) is 2.93. The van der Waals surface area contributed by atoms with Crippen molar-refractivity contribution in [3.05, 3.63) is 29.2 Å². The highest BCUT2D eigenvalue weighted by molar-refractivity contribution is 7.89. The Bertz CT molecular complexity index is 788. The molecule has 0 aromatic carbocycles. The second-order valence-electron chi connectivity index (χ2n) is 4.48. The van der Waals surface area contributed by atoms with Crippen molar-refractivity contribution in [3.63, 3.8) is 0 Å². The summed E-state index contributed by atoms with van der Waals surface area (Å²) in [5, 5.41) is 7.56. The molecule has 8 nitrogen and oxygen atoms in total. The predicted molar refractivity (Wildman–Crippen MR) is 73.4 cm³/mol. The second-order valence-corrected chi connectivity index (χ2v) is 6.17. The number of carbonyl (C=O) groups excluding carboxylic acids is 1. The van der Waals surface area contributed by atoms with E-state index in [2.05, 4.69) is 10.2 Å². The van der Waals surface area contributed by atoms with Gasteiger partial charge in [-0.05, 0) is 26.8 Å². The standard InChI is InChI=1S/C12H16N4O4S/c1-5-20-12(17)10-7-13-15(4)11(10)21(18,19)16-9(3)6-8(2)14-16/h6-7H,5H2,1-4H3. The first-order chi connectivity index (χ1) is 9.78. The first-order valence-electron chi connectivity index (χ1n) is 6.27. The van der Waals surface area contributed by atoms with E-state index in [1.54, 1.807) is 26.8 Å². The Kier molecular flexibility index (Phi) is 3.86. The number of hydrogen-bond acceptors (Lipinski definition) is 6. The molecule has 0 atom stereocenters. The van der Waals surface area contributed by atoms with Crippen LogP contribution in [0.1, 0.15) is 28.7 Å². The monoisotopic (exact) mass is 312 g/mol. The molecule has 2 aromatic heterocycles. The van der Waals surface area contributed by atoms with Gasteiger partial charge in [0.25, 0.3) is 0 Å². The zero-order chi connectivity index (χ0) is 15.8. The molecule has 0 N–H and O–H groups in total. The minimum Gasteiger partial charge on any atom is -0.462 e. The quantitative estimate of drug-likeness (QED) is 0.769. The molecule has 0 spiro atoms. The summed E-state index contributed by atoms with van der Waals surface area (Å²) in [7, 11) is -2.58. The fourth-order valence-corrected chi connectivity index (χ4v) is 3.64. The molecule has 2 aromatic rings. The van der Waals surface area contributed by atoms with Crippen molar-refractivity contribution in [2.24, 2.45) is 7.05 Å². The Balaban J connectivity index is 2.63. The number of aryl methyl sites for hydroxylation is 3. The molecular formula is C12H16N4O4S. The first kappa shape index (κ1) is 15.2. The number of aromatic nitrogens is 4. The Morgan fingerprint density at radius 1 is 1.38 bits per heavy atom. The van der Waals surface area contributed by atoms with Crippen LogP contribution in [0.4, 0.5) is 0 Å². The topological polar surface area (TPSA) is 96.1 Å². The summed E-state index contributed by atoms with van der Waals surface area (Å²) in [6.45, 7) is 5.10. The molecule has 0 aliphatic carbocycles. The van der Waals surface area contributed by atoms with Crippen LogP contribution in [-0.2, 0) is 21.8 Å². The van der Waals surface area contributed by atoms with Crippen molar-refractivity contribution < 1.29 is 17.9 Å². The van der Waals surface area contributed by atoms with E-state index < -0.39 is 16.0 Å². The molecule has 0 saturated heterocycles. The van der Waals surface area contributed by atoms with Crippen molar-refractivity contribution in [2.45, 2.75) is 25.8 Å².